The van der Waals surface area contributed by atoms with Crippen LogP contribution in [0.4, 0.5) is 0 Å². The molecule has 0 N–H and O–H groups in total. The average Bonchev–Trinajstić information content (AvgIpc) is 2.54. The number of sulfonamides is 1. The van der Waals surface area contributed by atoms with Gasteiger partial charge in [-0.15, -0.1) is 0 Å². The number of nitrogens with zero attached hydrogens (tertiary/aromatic N) is 1. The van der Waals surface area contributed by atoms with Gasteiger partial charge in [0, 0.05) is 32.2 Å². The van der Waals surface area contributed by atoms with Gasteiger partial charge in [0.05, 0.1) is 17.6 Å². The molecule has 0 bridgehead atoms. The van der Waals surface area contributed by atoms with Crippen molar-refractivity contribution in [2.45, 2.75) is 37.2 Å². The highest BCUT2D eigenvalue weighted by Crippen LogP contribution is 2.41. The van der Waals surface area contributed by atoms with Crippen LogP contribution in [0.5, 0.6) is 0 Å². The number of piperidine rings is 1. The zero-order chi connectivity index (χ0) is 16.5. The van der Waals surface area contributed by atoms with Gasteiger partial charge in [-0.3, -0.25) is 0 Å². The van der Waals surface area contributed by atoms with Crippen LogP contribution in [-0.4, -0.2) is 52.2 Å². The Kier molecular flexibility index (Phi) is 4.78. The second-order valence-corrected chi connectivity index (χ2v) is 8.64. The van der Waals surface area contributed by atoms with Crippen LogP contribution in [-0.2, 0) is 19.5 Å². The van der Waals surface area contributed by atoms with Crippen LogP contribution in [0, 0.1) is 12.3 Å². The van der Waals surface area contributed by atoms with Gasteiger partial charge in [-0.05, 0) is 43.9 Å². The number of hydrogen-bond acceptors (Lipinski definition) is 4. The SMILES string of the molecule is COC[C@]12CCCO[C@H]1CCN(S(=O)(=O)c1cccc(C)c1)C2. The molecule has 23 heavy (non-hydrogen) atoms. The van der Waals surface area contributed by atoms with Crippen molar-refractivity contribution in [1.82, 2.24) is 4.31 Å². The predicted molar refractivity (Wildman–Crippen MR) is 87.8 cm³/mol. The summed E-state index contributed by atoms with van der Waals surface area (Å²) in [6, 6.07) is 7.12. The summed E-state index contributed by atoms with van der Waals surface area (Å²) in [6.45, 7) is 4.19. The van der Waals surface area contributed by atoms with Gasteiger partial charge in [-0.1, -0.05) is 12.1 Å². The molecule has 2 fully saturated rings. The Bertz CT molecular complexity index is 656. The minimum Gasteiger partial charge on any atom is -0.384 e. The molecule has 0 unspecified atom stereocenters. The molecule has 2 heterocycles. The molecule has 2 aliphatic rings. The summed E-state index contributed by atoms with van der Waals surface area (Å²) < 4.78 is 39.0. The zero-order valence-corrected chi connectivity index (χ0v) is 14.6. The third kappa shape index (κ3) is 3.18. The monoisotopic (exact) mass is 339 g/mol. The van der Waals surface area contributed by atoms with Crippen LogP contribution in [0.25, 0.3) is 0 Å². The summed E-state index contributed by atoms with van der Waals surface area (Å²) in [5.74, 6) is 0. The van der Waals surface area contributed by atoms with Gasteiger partial charge in [-0.25, -0.2) is 8.42 Å². The van der Waals surface area contributed by atoms with E-state index in [4.69, 9.17) is 9.47 Å². The van der Waals surface area contributed by atoms with Crippen LogP contribution < -0.4 is 0 Å². The van der Waals surface area contributed by atoms with E-state index in [1.54, 1.807) is 29.6 Å². The lowest BCUT2D eigenvalue weighted by atomic mass is 9.73. The minimum atomic E-state index is -3.47. The van der Waals surface area contributed by atoms with Gasteiger partial charge >= 0.3 is 0 Å². The number of ether oxygens (including phenoxy) is 2. The molecule has 2 atom stereocenters. The van der Waals surface area contributed by atoms with Gasteiger partial charge in [0.1, 0.15) is 0 Å². The Labute approximate surface area is 138 Å². The standard InChI is InChI=1S/C17H25NO4S/c1-14-5-3-6-15(11-14)23(19,20)18-9-7-16-17(12-18,13-21-2)8-4-10-22-16/h3,5-6,11,16H,4,7-10,12-13H2,1-2H3/t16-,17+/m0/s1. The molecule has 0 spiro atoms. The lowest BCUT2D eigenvalue weighted by Gasteiger charge is -2.49. The molecular weight excluding hydrogens is 314 g/mol. The molecule has 128 valence electrons. The van der Waals surface area contributed by atoms with Crippen LogP contribution in [0.2, 0.25) is 0 Å². The second kappa shape index (κ2) is 6.51. The first-order valence-electron chi connectivity index (χ1n) is 8.15. The number of rotatable bonds is 4. The summed E-state index contributed by atoms with van der Waals surface area (Å²) in [4.78, 5) is 0.375. The molecule has 1 aromatic carbocycles. The van der Waals surface area contributed by atoms with Crippen molar-refractivity contribution in [2.75, 3.05) is 33.4 Å². The fourth-order valence-corrected chi connectivity index (χ4v) is 5.53. The van der Waals surface area contributed by atoms with Gasteiger partial charge in [0.15, 0.2) is 0 Å². The lowest BCUT2D eigenvalue weighted by Crippen LogP contribution is -2.57. The second-order valence-electron chi connectivity index (χ2n) is 6.70. The smallest absolute Gasteiger partial charge is 0.243 e. The van der Waals surface area contributed by atoms with Crippen molar-refractivity contribution in [3.8, 4) is 0 Å². The van der Waals surface area contributed by atoms with Crippen molar-refractivity contribution in [1.29, 1.82) is 0 Å². The third-order valence-electron chi connectivity index (χ3n) is 5.01. The molecule has 3 rings (SSSR count). The highest BCUT2D eigenvalue weighted by Gasteiger charge is 2.48. The Hall–Kier alpha value is -0.950. The molecular formula is C17H25NO4S. The summed E-state index contributed by atoms with van der Waals surface area (Å²) in [6.07, 6.45) is 2.73. The molecule has 2 aliphatic heterocycles. The van der Waals surface area contributed by atoms with E-state index < -0.39 is 10.0 Å². The van der Waals surface area contributed by atoms with E-state index in [0.717, 1.165) is 31.4 Å². The molecule has 0 aliphatic carbocycles. The number of aryl methyl sites for hydroxylation is 1. The molecule has 0 aromatic heterocycles. The van der Waals surface area contributed by atoms with E-state index in [2.05, 4.69) is 0 Å². The van der Waals surface area contributed by atoms with Crippen molar-refractivity contribution in [2.24, 2.45) is 5.41 Å². The molecule has 0 saturated carbocycles. The first kappa shape index (κ1) is 16.9. The molecule has 0 amide bonds. The Balaban J connectivity index is 1.89. The van der Waals surface area contributed by atoms with Crippen LogP contribution >= 0.6 is 0 Å². The first-order valence-corrected chi connectivity index (χ1v) is 9.59. The average molecular weight is 339 g/mol. The predicted octanol–water partition coefficient (Wildman–Crippen LogP) is 2.20. The third-order valence-corrected chi connectivity index (χ3v) is 6.85. The van der Waals surface area contributed by atoms with Gasteiger partial charge in [-0.2, -0.15) is 4.31 Å². The van der Waals surface area contributed by atoms with Crippen LogP contribution in [0.1, 0.15) is 24.8 Å². The molecule has 6 heteroatoms. The Morgan fingerprint density at radius 3 is 3.00 bits per heavy atom. The zero-order valence-electron chi connectivity index (χ0n) is 13.8. The van der Waals surface area contributed by atoms with E-state index >= 15 is 0 Å². The highest BCUT2D eigenvalue weighted by molar-refractivity contribution is 7.89. The van der Waals surface area contributed by atoms with E-state index in [9.17, 15) is 8.42 Å². The topological polar surface area (TPSA) is 55.8 Å². The van der Waals surface area contributed by atoms with E-state index in [-0.39, 0.29) is 11.5 Å². The van der Waals surface area contributed by atoms with Crippen molar-refractivity contribution in [3.05, 3.63) is 29.8 Å². The summed E-state index contributed by atoms with van der Waals surface area (Å²) in [7, 11) is -1.79. The van der Waals surface area contributed by atoms with Gasteiger partial charge < -0.3 is 9.47 Å². The fraction of sp³-hybridized carbons (Fsp3) is 0.647. The Morgan fingerprint density at radius 1 is 1.43 bits per heavy atom. The molecule has 0 radical (unpaired) electrons. The van der Waals surface area contributed by atoms with Crippen molar-refractivity contribution in [3.63, 3.8) is 0 Å². The number of hydrogen-bond donors (Lipinski definition) is 0. The maximum absolute atomic E-state index is 13.0. The number of benzene rings is 1. The van der Waals surface area contributed by atoms with Crippen LogP contribution in [0.15, 0.2) is 29.2 Å². The maximum atomic E-state index is 13.0. The van der Waals surface area contributed by atoms with E-state index in [1.165, 1.54) is 0 Å². The quantitative estimate of drug-likeness (QED) is 0.844. The van der Waals surface area contributed by atoms with E-state index in [1.807, 2.05) is 13.0 Å². The maximum Gasteiger partial charge on any atom is 0.243 e. The minimum absolute atomic E-state index is 0.0974. The largest absolute Gasteiger partial charge is 0.384 e. The number of methoxy groups -OCH3 is 1. The fourth-order valence-electron chi connectivity index (χ4n) is 3.88. The van der Waals surface area contributed by atoms with Gasteiger partial charge in [0.2, 0.25) is 10.0 Å². The normalized spacial score (nSPS) is 29.2. The van der Waals surface area contributed by atoms with E-state index in [0.29, 0.717) is 24.6 Å². The Morgan fingerprint density at radius 2 is 2.26 bits per heavy atom. The van der Waals surface area contributed by atoms with Gasteiger partial charge in [0.25, 0.3) is 0 Å². The molecule has 2 saturated heterocycles. The summed E-state index contributed by atoms with van der Waals surface area (Å²) in [5.41, 5.74) is 0.732. The van der Waals surface area contributed by atoms with Crippen LogP contribution in [0.3, 0.4) is 0 Å². The van der Waals surface area contributed by atoms with Crippen molar-refractivity contribution >= 4 is 10.0 Å². The lowest BCUT2D eigenvalue weighted by molar-refractivity contribution is -0.137. The molecule has 5 nitrogen and oxygen atoms in total. The highest BCUT2D eigenvalue weighted by atomic mass is 32.2. The summed E-state index contributed by atoms with van der Waals surface area (Å²) in [5, 5.41) is 0. The molecule has 1 aromatic rings. The number of fused-ring (bicyclic) bond motifs is 1. The first-order chi connectivity index (χ1) is 11.0. The van der Waals surface area contributed by atoms with Crippen molar-refractivity contribution < 1.29 is 17.9 Å². The summed E-state index contributed by atoms with van der Waals surface area (Å²) >= 11 is 0.